The summed E-state index contributed by atoms with van der Waals surface area (Å²) < 4.78 is 59.4. The summed E-state index contributed by atoms with van der Waals surface area (Å²) in [6.45, 7) is 3.76. The molecule has 2 aromatic heterocycles. The van der Waals surface area contributed by atoms with E-state index in [0.717, 1.165) is 33.5 Å². The van der Waals surface area contributed by atoms with E-state index in [9.17, 15) is 22.0 Å². The van der Waals surface area contributed by atoms with E-state index in [1.54, 1.807) is 0 Å². The quantitative estimate of drug-likeness (QED) is 0.585. The molecule has 1 aliphatic rings. The van der Waals surface area contributed by atoms with Gasteiger partial charge >= 0.3 is 0 Å². The summed E-state index contributed by atoms with van der Waals surface area (Å²) in [5.74, 6) is -0.981. The molecule has 0 saturated carbocycles. The van der Waals surface area contributed by atoms with Crippen molar-refractivity contribution in [2.24, 2.45) is 5.92 Å². The molecule has 0 aliphatic carbocycles. The first kappa shape index (κ1) is 22.6. The summed E-state index contributed by atoms with van der Waals surface area (Å²) in [4.78, 5) is 16.4. The average molecular weight is 482 g/mol. The number of carbonyl (C=O) groups is 1. The summed E-state index contributed by atoms with van der Waals surface area (Å²) in [6, 6.07) is 4.21. The zero-order valence-corrected chi connectivity index (χ0v) is 19.0. The SMILES string of the molecule is Cc1cc(-c2csc(NC(=O)C3CCN(S(=O)(=O)c4cc(F)ccc4F)CC3)n2)c(C)o1. The molecule has 1 aliphatic heterocycles. The minimum atomic E-state index is -4.19. The van der Waals surface area contributed by atoms with Gasteiger partial charge in [-0.25, -0.2) is 22.2 Å². The van der Waals surface area contributed by atoms with Crippen molar-refractivity contribution < 1.29 is 26.4 Å². The van der Waals surface area contributed by atoms with Crippen molar-refractivity contribution in [3.8, 4) is 11.3 Å². The van der Waals surface area contributed by atoms with Gasteiger partial charge in [-0.05, 0) is 51.0 Å². The summed E-state index contributed by atoms with van der Waals surface area (Å²) in [7, 11) is -4.19. The fourth-order valence-corrected chi connectivity index (χ4v) is 5.98. The predicted molar refractivity (Wildman–Crippen MR) is 116 cm³/mol. The molecule has 1 N–H and O–H groups in total. The highest BCUT2D eigenvalue weighted by atomic mass is 32.2. The van der Waals surface area contributed by atoms with E-state index in [-0.39, 0.29) is 31.8 Å². The van der Waals surface area contributed by atoms with E-state index in [1.807, 2.05) is 25.3 Å². The van der Waals surface area contributed by atoms with Gasteiger partial charge < -0.3 is 9.73 Å². The third-order valence-electron chi connectivity index (χ3n) is 5.39. The summed E-state index contributed by atoms with van der Waals surface area (Å²) in [5, 5.41) is 5.06. The van der Waals surface area contributed by atoms with Crippen molar-refractivity contribution in [3.63, 3.8) is 0 Å². The van der Waals surface area contributed by atoms with Crippen LogP contribution in [0.1, 0.15) is 24.4 Å². The first-order valence-electron chi connectivity index (χ1n) is 9.94. The molecule has 1 aromatic carbocycles. The van der Waals surface area contributed by atoms with Crippen LogP contribution >= 0.6 is 11.3 Å². The number of anilines is 1. The Balaban J connectivity index is 1.39. The van der Waals surface area contributed by atoms with Crippen LogP contribution in [-0.2, 0) is 14.8 Å². The number of halogens is 2. The monoisotopic (exact) mass is 481 g/mol. The maximum atomic E-state index is 14.0. The van der Waals surface area contributed by atoms with E-state index in [1.165, 1.54) is 11.3 Å². The van der Waals surface area contributed by atoms with Crippen LogP contribution in [0, 0.1) is 31.4 Å². The van der Waals surface area contributed by atoms with Gasteiger partial charge in [0.05, 0.1) is 5.69 Å². The first-order valence-corrected chi connectivity index (χ1v) is 12.3. The number of hydrogen-bond donors (Lipinski definition) is 1. The highest BCUT2D eigenvalue weighted by Gasteiger charge is 2.34. The minimum Gasteiger partial charge on any atom is -0.466 e. The lowest BCUT2D eigenvalue weighted by Crippen LogP contribution is -2.41. The normalized spacial score (nSPS) is 15.8. The standard InChI is InChI=1S/C21H21F2N3O4S2/c1-12-9-16(13(2)30-12)18-11-31-21(24-18)25-20(27)14-5-7-26(8-6-14)32(28,29)19-10-15(22)3-4-17(19)23/h3-4,9-11,14H,5-8H2,1-2H3,(H,24,25,27). The Morgan fingerprint density at radius 2 is 1.94 bits per heavy atom. The summed E-state index contributed by atoms with van der Waals surface area (Å²) in [6.07, 6.45) is 0.528. The van der Waals surface area contributed by atoms with Gasteiger partial charge in [-0.3, -0.25) is 4.79 Å². The molecule has 3 heterocycles. The second-order valence-electron chi connectivity index (χ2n) is 7.61. The van der Waals surface area contributed by atoms with Gasteiger partial charge in [-0.15, -0.1) is 11.3 Å². The number of benzene rings is 1. The fraction of sp³-hybridized carbons (Fsp3) is 0.333. The van der Waals surface area contributed by atoms with Gasteiger partial charge in [0, 0.05) is 30.0 Å². The maximum Gasteiger partial charge on any atom is 0.246 e. The zero-order chi connectivity index (χ0) is 23.0. The Labute approximate surface area is 188 Å². The van der Waals surface area contributed by atoms with E-state index < -0.39 is 32.5 Å². The van der Waals surface area contributed by atoms with Crippen LogP contribution in [0.15, 0.2) is 39.0 Å². The molecule has 11 heteroatoms. The van der Waals surface area contributed by atoms with Crippen LogP contribution in [-0.4, -0.2) is 36.7 Å². The van der Waals surface area contributed by atoms with E-state index in [0.29, 0.717) is 16.9 Å². The van der Waals surface area contributed by atoms with Crippen molar-refractivity contribution in [2.45, 2.75) is 31.6 Å². The van der Waals surface area contributed by atoms with Crippen molar-refractivity contribution in [1.29, 1.82) is 0 Å². The number of nitrogens with one attached hydrogen (secondary N) is 1. The molecule has 0 unspecified atom stereocenters. The number of piperidine rings is 1. The first-order chi connectivity index (χ1) is 15.1. The third-order valence-corrected chi connectivity index (χ3v) is 8.06. The van der Waals surface area contributed by atoms with Crippen molar-refractivity contribution in [2.75, 3.05) is 18.4 Å². The van der Waals surface area contributed by atoms with Gasteiger partial charge in [-0.1, -0.05) is 0 Å². The number of sulfonamides is 1. The van der Waals surface area contributed by atoms with E-state index in [2.05, 4.69) is 10.3 Å². The summed E-state index contributed by atoms with van der Waals surface area (Å²) in [5.41, 5.74) is 1.57. The molecule has 0 spiro atoms. The molecule has 0 bridgehead atoms. The molecule has 0 atom stereocenters. The van der Waals surface area contributed by atoms with E-state index in [4.69, 9.17) is 4.42 Å². The number of thiazole rings is 1. The van der Waals surface area contributed by atoms with E-state index >= 15 is 0 Å². The molecule has 3 aromatic rings. The molecule has 4 rings (SSSR count). The topological polar surface area (TPSA) is 92.5 Å². The molecular formula is C21H21F2N3O4S2. The molecule has 7 nitrogen and oxygen atoms in total. The van der Waals surface area contributed by atoms with Crippen LogP contribution in [0.25, 0.3) is 11.3 Å². The molecule has 170 valence electrons. The number of amides is 1. The number of aromatic nitrogens is 1. The van der Waals surface area contributed by atoms with Crippen LogP contribution in [0.3, 0.4) is 0 Å². The average Bonchev–Trinajstić information content (AvgIpc) is 3.35. The lowest BCUT2D eigenvalue weighted by molar-refractivity contribution is -0.120. The van der Waals surface area contributed by atoms with Crippen molar-refractivity contribution in [3.05, 3.63) is 52.8 Å². The van der Waals surface area contributed by atoms with Crippen LogP contribution in [0.5, 0.6) is 0 Å². The van der Waals surface area contributed by atoms with Crippen LogP contribution < -0.4 is 5.32 Å². The Morgan fingerprint density at radius 1 is 1.22 bits per heavy atom. The van der Waals surface area contributed by atoms with Gasteiger partial charge in [0.15, 0.2) is 5.13 Å². The van der Waals surface area contributed by atoms with Gasteiger partial charge in [0.1, 0.15) is 28.1 Å². The zero-order valence-electron chi connectivity index (χ0n) is 17.4. The van der Waals surface area contributed by atoms with Crippen molar-refractivity contribution in [1.82, 2.24) is 9.29 Å². The number of furan rings is 1. The minimum absolute atomic E-state index is 0.0347. The number of hydrogen-bond acceptors (Lipinski definition) is 6. The number of nitrogens with zero attached hydrogens (tertiary/aromatic N) is 2. The van der Waals surface area contributed by atoms with Crippen LogP contribution in [0.4, 0.5) is 13.9 Å². The lowest BCUT2D eigenvalue weighted by atomic mass is 9.97. The Bertz CT molecular complexity index is 1260. The van der Waals surface area contributed by atoms with Gasteiger partial charge in [0.2, 0.25) is 15.9 Å². The molecular weight excluding hydrogens is 460 g/mol. The highest BCUT2D eigenvalue weighted by Crippen LogP contribution is 2.31. The molecule has 32 heavy (non-hydrogen) atoms. The molecule has 1 saturated heterocycles. The third kappa shape index (κ3) is 4.45. The lowest BCUT2D eigenvalue weighted by Gasteiger charge is -2.30. The van der Waals surface area contributed by atoms with Gasteiger partial charge in [-0.2, -0.15) is 4.31 Å². The fourth-order valence-electron chi connectivity index (χ4n) is 3.72. The number of carbonyl (C=O) groups excluding carboxylic acids is 1. The molecule has 1 fully saturated rings. The summed E-state index contributed by atoms with van der Waals surface area (Å²) >= 11 is 1.29. The second-order valence-corrected chi connectivity index (χ2v) is 10.4. The largest absolute Gasteiger partial charge is 0.466 e. The highest BCUT2D eigenvalue weighted by molar-refractivity contribution is 7.89. The van der Waals surface area contributed by atoms with Crippen molar-refractivity contribution >= 4 is 32.4 Å². The number of rotatable bonds is 5. The smallest absolute Gasteiger partial charge is 0.246 e. The Kier molecular flexibility index (Phi) is 6.15. The molecule has 0 radical (unpaired) electrons. The number of aryl methyl sites for hydroxylation is 2. The Hall–Kier alpha value is -2.63. The Morgan fingerprint density at radius 3 is 2.59 bits per heavy atom. The predicted octanol–water partition coefficient (Wildman–Crippen LogP) is 4.34. The maximum absolute atomic E-state index is 14.0. The molecule has 1 amide bonds. The second kappa shape index (κ2) is 8.72. The van der Waals surface area contributed by atoms with Crippen LogP contribution in [0.2, 0.25) is 0 Å². The van der Waals surface area contributed by atoms with Gasteiger partial charge in [0.25, 0.3) is 0 Å².